The van der Waals surface area contributed by atoms with Crippen molar-refractivity contribution in [1.82, 2.24) is 15.0 Å². The quantitative estimate of drug-likeness (QED) is 0.567. The maximum Gasteiger partial charge on any atom is 0.323 e. The van der Waals surface area contributed by atoms with Gasteiger partial charge in [0.25, 0.3) is 0 Å². The van der Waals surface area contributed by atoms with Crippen LogP contribution in [0.15, 0.2) is 0 Å². The Labute approximate surface area is 114 Å². The molecule has 0 spiro atoms. The number of nitrogens with zero attached hydrogens (tertiary/aromatic N) is 4. The Morgan fingerprint density at radius 3 is 2.53 bits per heavy atom. The van der Waals surface area contributed by atoms with E-state index in [1.54, 1.807) is 0 Å². The van der Waals surface area contributed by atoms with Crippen molar-refractivity contribution in [2.24, 2.45) is 0 Å². The smallest absolute Gasteiger partial charge is 0.323 e. The van der Waals surface area contributed by atoms with Gasteiger partial charge in [-0.2, -0.15) is 15.0 Å². The normalized spacial score (nSPS) is 9.79. The average molecular weight is 263 g/mol. The first kappa shape index (κ1) is 15.0. The molecule has 0 unspecified atom stereocenters. The van der Waals surface area contributed by atoms with E-state index in [1.165, 1.54) is 0 Å². The molecule has 0 saturated heterocycles. The Morgan fingerprint density at radius 2 is 1.95 bits per heavy atom. The van der Waals surface area contributed by atoms with E-state index in [4.69, 9.17) is 11.2 Å². The highest BCUT2D eigenvalue weighted by Gasteiger charge is 2.11. The fourth-order valence-corrected chi connectivity index (χ4v) is 1.50. The second-order valence-electron chi connectivity index (χ2n) is 3.75. The highest BCUT2D eigenvalue weighted by atomic mass is 16.5. The molecule has 0 aliphatic carbocycles. The van der Waals surface area contributed by atoms with Crippen molar-refractivity contribution in [3.63, 3.8) is 0 Å². The number of rotatable bonds is 8. The summed E-state index contributed by atoms with van der Waals surface area (Å²) >= 11 is 0. The molecule has 0 bridgehead atoms. The molecule has 1 heterocycles. The van der Waals surface area contributed by atoms with Gasteiger partial charge in [-0.05, 0) is 20.8 Å². The number of hydrogen-bond donors (Lipinski definition) is 1. The zero-order chi connectivity index (χ0) is 14.1. The van der Waals surface area contributed by atoms with Crippen LogP contribution >= 0.6 is 0 Å². The number of aromatic nitrogens is 3. The molecular formula is C13H21N5O. The highest BCUT2D eigenvalue weighted by Crippen LogP contribution is 2.14. The van der Waals surface area contributed by atoms with Crippen LogP contribution in [-0.4, -0.2) is 41.2 Å². The molecule has 0 amide bonds. The monoisotopic (exact) mass is 263 g/mol. The van der Waals surface area contributed by atoms with Crippen LogP contribution in [0.4, 0.5) is 11.9 Å². The van der Waals surface area contributed by atoms with Gasteiger partial charge >= 0.3 is 6.01 Å². The lowest BCUT2D eigenvalue weighted by Crippen LogP contribution is -2.25. The predicted octanol–water partition coefficient (Wildman–Crippen LogP) is 1.55. The molecule has 6 heteroatoms. The summed E-state index contributed by atoms with van der Waals surface area (Å²) in [6.07, 6.45) is 5.72. The minimum Gasteiger partial charge on any atom is -0.462 e. The Kier molecular flexibility index (Phi) is 6.44. The Morgan fingerprint density at radius 1 is 1.21 bits per heavy atom. The van der Waals surface area contributed by atoms with Gasteiger partial charge in [-0.15, -0.1) is 12.3 Å². The molecule has 0 radical (unpaired) electrons. The Bertz CT molecular complexity index is 426. The van der Waals surface area contributed by atoms with Gasteiger partial charge in [0.2, 0.25) is 11.9 Å². The van der Waals surface area contributed by atoms with Gasteiger partial charge in [-0.1, -0.05) is 0 Å². The van der Waals surface area contributed by atoms with Crippen LogP contribution in [0.1, 0.15) is 27.2 Å². The fraction of sp³-hybridized carbons (Fsp3) is 0.615. The zero-order valence-electron chi connectivity index (χ0n) is 11.8. The maximum absolute atomic E-state index is 5.44. The summed E-state index contributed by atoms with van der Waals surface area (Å²) in [7, 11) is 0. The van der Waals surface area contributed by atoms with Gasteiger partial charge in [0.05, 0.1) is 0 Å². The van der Waals surface area contributed by atoms with Gasteiger partial charge in [0, 0.05) is 26.1 Å². The molecule has 19 heavy (non-hydrogen) atoms. The van der Waals surface area contributed by atoms with E-state index in [-0.39, 0.29) is 0 Å². The third kappa shape index (κ3) is 4.62. The van der Waals surface area contributed by atoms with Gasteiger partial charge in [-0.3, -0.25) is 0 Å². The van der Waals surface area contributed by atoms with Crippen LogP contribution in [0.2, 0.25) is 0 Å². The molecule has 1 N–H and O–H groups in total. The topological polar surface area (TPSA) is 63.2 Å². The highest BCUT2D eigenvalue weighted by molar-refractivity contribution is 5.38. The largest absolute Gasteiger partial charge is 0.462 e. The van der Waals surface area contributed by atoms with E-state index >= 15 is 0 Å². The van der Waals surface area contributed by atoms with Crippen LogP contribution in [0.5, 0.6) is 6.01 Å². The van der Waals surface area contributed by atoms with Crippen molar-refractivity contribution in [2.45, 2.75) is 27.2 Å². The minimum absolute atomic E-state index is 0.308. The zero-order valence-corrected chi connectivity index (χ0v) is 11.8. The van der Waals surface area contributed by atoms with Crippen molar-refractivity contribution in [3.05, 3.63) is 0 Å². The van der Waals surface area contributed by atoms with Crippen LogP contribution in [0.25, 0.3) is 0 Å². The number of ether oxygens (including phenoxy) is 1. The summed E-state index contributed by atoms with van der Waals surface area (Å²) in [6.45, 7) is 8.90. The molecule has 104 valence electrons. The summed E-state index contributed by atoms with van der Waals surface area (Å²) in [5.74, 6) is 3.66. The van der Waals surface area contributed by atoms with E-state index in [2.05, 4.69) is 40.0 Å². The van der Waals surface area contributed by atoms with Crippen LogP contribution in [0.3, 0.4) is 0 Å². The third-order valence-electron chi connectivity index (χ3n) is 2.46. The third-order valence-corrected chi connectivity index (χ3v) is 2.46. The fourth-order valence-electron chi connectivity index (χ4n) is 1.50. The Hall–Kier alpha value is -2.03. The molecule has 0 fully saturated rings. The number of hydrogen-bond acceptors (Lipinski definition) is 6. The van der Waals surface area contributed by atoms with E-state index in [0.717, 1.165) is 19.6 Å². The van der Waals surface area contributed by atoms with Gasteiger partial charge in [0.15, 0.2) is 0 Å². The Balaban J connectivity index is 2.93. The first-order valence-corrected chi connectivity index (χ1v) is 6.56. The second kappa shape index (κ2) is 8.14. The van der Waals surface area contributed by atoms with Crippen LogP contribution in [0, 0.1) is 12.3 Å². The van der Waals surface area contributed by atoms with Crippen molar-refractivity contribution < 1.29 is 4.74 Å². The summed E-state index contributed by atoms with van der Waals surface area (Å²) in [5.41, 5.74) is 0. The molecule has 6 nitrogen and oxygen atoms in total. The maximum atomic E-state index is 5.44. The number of anilines is 2. The molecule has 0 atom stereocenters. The summed E-state index contributed by atoms with van der Waals surface area (Å²) in [5, 5.41) is 3.07. The predicted molar refractivity (Wildman–Crippen MR) is 76.5 cm³/mol. The van der Waals surface area contributed by atoms with E-state index in [1.807, 2.05) is 11.8 Å². The average Bonchev–Trinajstić information content (AvgIpc) is 2.41. The lowest BCUT2D eigenvalue weighted by atomic mass is 10.5. The summed E-state index contributed by atoms with van der Waals surface area (Å²) in [6, 6.07) is 0.308. The first-order chi connectivity index (χ1) is 9.24. The van der Waals surface area contributed by atoms with Crippen LogP contribution in [-0.2, 0) is 0 Å². The molecular weight excluding hydrogens is 242 g/mol. The van der Waals surface area contributed by atoms with E-state index in [0.29, 0.717) is 30.9 Å². The van der Waals surface area contributed by atoms with Crippen molar-refractivity contribution >= 4 is 11.9 Å². The summed E-state index contributed by atoms with van der Waals surface area (Å²) < 4.78 is 5.44. The van der Waals surface area contributed by atoms with Crippen LogP contribution < -0.4 is 15.0 Å². The molecule has 1 aromatic heterocycles. The van der Waals surface area contributed by atoms with Gasteiger partial charge in [-0.25, -0.2) is 0 Å². The molecule has 1 aromatic rings. The van der Waals surface area contributed by atoms with Gasteiger partial charge < -0.3 is 15.0 Å². The van der Waals surface area contributed by atoms with Crippen molar-refractivity contribution in [3.8, 4) is 18.4 Å². The second-order valence-corrected chi connectivity index (χ2v) is 3.75. The van der Waals surface area contributed by atoms with E-state index < -0.39 is 0 Å². The van der Waals surface area contributed by atoms with Crippen molar-refractivity contribution in [1.29, 1.82) is 0 Å². The van der Waals surface area contributed by atoms with E-state index in [9.17, 15) is 0 Å². The summed E-state index contributed by atoms with van der Waals surface area (Å²) in [4.78, 5) is 14.9. The minimum atomic E-state index is 0.308. The lowest BCUT2D eigenvalue weighted by molar-refractivity contribution is 0.300. The molecule has 0 aromatic carbocycles. The van der Waals surface area contributed by atoms with Crippen molar-refractivity contribution in [2.75, 3.05) is 36.5 Å². The standard InChI is InChI=1S/C13H21N5O/c1-5-9-10-19-13-16-11(14-6-2)15-12(17-13)18(7-3)8-4/h1H,6-10H2,2-4H3,(H,14,15,16,17). The molecule has 0 aliphatic heterocycles. The molecule has 0 aliphatic rings. The first-order valence-electron chi connectivity index (χ1n) is 6.56. The number of nitrogens with one attached hydrogen (secondary N) is 1. The molecule has 0 saturated carbocycles. The molecule has 1 rings (SSSR count). The SMILES string of the molecule is C#CCCOc1nc(NCC)nc(N(CC)CC)n1. The number of terminal acetylenes is 1. The lowest BCUT2D eigenvalue weighted by Gasteiger charge is -2.19. The van der Waals surface area contributed by atoms with Gasteiger partial charge in [0.1, 0.15) is 6.61 Å².